The van der Waals surface area contributed by atoms with E-state index >= 15 is 0 Å². The minimum atomic E-state index is -0.590. The summed E-state index contributed by atoms with van der Waals surface area (Å²) in [4.78, 5) is 15.9. The van der Waals surface area contributed by atoms with Gasteiger partial charge in [-0.3, -0.25) is 0 Å². The molecule has 1 aromatic rings. The number of nitrogens with zero attached hydrogens (tertiary/aromatic N) is 3. The fraction of sp³-hybridized carbons (Fsp3) is 0. The highest BCUT2D eigenvalue weighted by Crippen LogP contribution is 1.98. The predicted octanol–water partition coefficient (Wildman–Crippen LogP) is -0.0530. The highest BCUT2D eigenvalue weighted by molar-refractivity contribution is 5.09. The van der Waals surface area contributed by atoms with Crippen LogP contribution in [0.4, 0.5) is 5.82 Å². The summed E-state index contributed by atoms with van der Waals surface area (Å²) in [6.45, 7) is 0. The van der Waals surface area contributed by atoms with Gasteiger partial charge in [-0.05, 0) is 6.20 Å². The summed E-state index contributed by atoms with van der Waals surface area (Å²) in [5, 5.41) is 9.77. The minimum Gasteiger partial charge on any atom is -0.446 e. The number of nitro groups is 1. The van der Waals surface area contributed by atoms with Crippen LogP contribution in [0.5, 0.6) is 0 Å². The van der Waals surface area contributed by atoms with E-state index in [2.05, 4.69) is 9.97 Å². The molecular formula is C3H2N3O2-. The van der Waals surface area contributed by atoms with Crippen LogP contribution in [0, 0.1) is 10.1 Å². The Morgan fingerprint density at radius 1 is 1.88 bits per heavy atom. The van der Waals surface area contributed by atoms with E-state index < -0.39 is 4.92 Å². The van der Waals surface area contributed by atoms with Gasteiger partial charge < -0.3 is 20.1 Å². The van der Waals surface area contributed by atoms with Crippen LogP contribution < -0.4 is 4.98 Å². The molecule has 0 fully saturated rings. The minimum absolute atomic E-state index is 0.204. The van der Waals surface area contributed by atoms with E-state index in [-0.39, 0.29) is 5.82 Å². The average Bonchev–Trinajstić information content (AvgIpc) is 2.12. The van der Waals surface area contributed by atoms with Crippen molar-refractivity contribution in [1.29, 1.82) is 0 Å². The van der Waals surface area contributed by atoms with Crippen molar-refractivity contribution in [2.24, 2.45) is 0 Å². The van der Waals surface area contributed by atoms with Crippen LogP contribution in [0.15, 0.2) is 12.5 Å². The molecule has 1 rings (SSSR count). The lowest BCUT2D eigenvalue weighted by Gasteiger charge is -1.92. The topological polar surface area (TPSA) is 70.1 Å². The molecule has 0 atom stereocenters. The zero-order valence-corrected chi connectivity index (χ0v) is 3.81. The number of aromatic nitrogens is 2. The second-order valence-electron chi connectivity index (χ2n) is 1.14. The third-order valence-electron chi connectivity index (χ3n) is 0.634. The Hall–Kier alpha value is -1.39. The third-order valence-corrected chi connectivity index (χ3v) is 0.634. The van der Waals surface area contributed by atoms with Gasteiger partial charge in [0.05, 0.1) is 0 Å². The van der Waals surface area contributed by atoms with E-state index in [1.54, 1.807) is 0 Å². The van der Waals surface area contributed by atoms with Gasteiger partial charge in [0.25, 0.3) is 0 Å². The first-order valence-electron chi connectivity index (χ1n) is 1.88. The maximum atomic E-state index is 9.77. The van der Waals surface area contributed by atoms with Crippen molar-refractivity contribution >= 4 is 5.82 Å². The van der Waals surface area contributed by atoms with Crippen molar-refractivity contribution in [3.8, 4) is 0 Å². The zero-order chi connectivity index (χ0) is 5.98. The van der Waals surface area contributed by atoms with Crippen molar-refractivity contribution < 1.29 is 4.92 Å². The molecule has 8 heavy (non-hydrogen) atoms. The quantitative estimate of drug-likeness (QED) is 0.377. The van der Waals surface area contributed by atoms with Crippen molar-refractivity contribution in [3.05, 3.63) is 22.6 Å². The van der Waals surface area contributed by atoms with Crippen LogP contribution >= 0.6 is 0 Å². The van der Waals surface area contributed by atoms with E-state index in [9.17, 15) is 10.1 Å². The van der Waals surface area contributed by atoms with Gasteiger partial charge in [-0.15, -0.1) is 0 Å². The van der Waals surface area contributed by atoms with E-state index in [0.29, 0.717) is 0 Å². The van der Waals surface area contributed by atoms with Gasteiger partial charge in [0.2, 0.25) is 0 Å². The van der Waals surface area contributed by atoms with Gasteiger partial charge in [-0.1, -0.05) is 11.3 Å². The predicted molar refractivity (Wildman–Crippen MR) is 24.2 cm³/mol. The summed E-state index contributed by atoms with van der Waals surface area (Å²) in [5.74, 6) is -0.204. The largest absolute Gasteiger partial charge is 0.446 e. The van der Waals surface area contributed by atoms with Gasteiger partial charge in [0, 0.05) is 0 Å². The summed E-state index contributed by atoms with van der Waals surface area (Å²) in [7, 11) is 0. The van der Waals surface area contributed by atoms with Crippen molar-refractivity contribution in [3.63, 3.8) is 0 Å². The maximum absolute atomic E-state index is 9.77. The molecule has 0 aliphatic carbocycles. The number of rotatable bonds is 1. The molecule has 0 bridgehead atoms. The fourth-order valence-electron chi connectivity index (χ4n) is 0.320. The van der Waals surface area contributed by atoms with E-state index in [4.69, 9.17) is 0 Å². The summed E-state index contributed by atoms with van der Waals surface area (Å²) in [5.41, 5.74) is 0. The van der Waals surface area contributed by atoms with Crippen LogP contribution in [0.2, 0.25) is 0 Å². The molecule has 0 amide bonds. The fourth-order valence-corrected chi connectivity index (χ4v) is 0.320. The second kappa shape index (κ2) is 1.61. The molecule has 0 spiro atoms. The SMILES string of the molecule is O=[N+]([O-])c1c[n-]cn1. The molecule has 5 nitrogen and oxygen atoms in total. The molecule has 1 aromatic heterocycles. The Morgan fingerprint density at radius 3 is 2.88 bits per heavy atom. The Labute approximate surface area is 44.5 Å². The molecule has 0 saturated carbocycles. The second-order valence-corrected chi connectivity index (χ2v) is 1.14. The first-order valence-corrected chi connectivity index (χ1v) is 1.88. The van der Waals surface area contributed by atoms with E-state index in [1.807, 2.05) is 0 Å². The smallest absolute Gasteiger partial charge is 0.158 e. The van der Waals surface area contributed by atoms with Crippen molar-refractivity contribution in [2.75, 3.05) is 0 Å². The molecule has 0 unspecified atom stereocenters. The molecule has 0 aliphatic rings. The molecule has 1 heterocycles. The number of imidazole rings is 1. The first kappa shape index (κ1) is 4.76. The summed E-state index contributed by atoms with van der Waals surface area (Å²) in [6, 6.07) is 0. The summed E-state index contributed by atoms with van der Waals surface area (Å²) < 4.78 is 0. The number of hydrogen-bond acceptors (Lipinski definition) is 3. The molecule has 0 saturated heterocycles. The Bertz CT molecular complexity index is 180. The van der Waals surface area contributed by atoms with Gasteiger partial charge in [0.15, 0.2) is 5.82 Å². The third kappa shape index (κ3) is 0.651. The van der Waals surface area contributed by atoms with Crippen LogP contribution in [0.25, 0.3) is 0 Å². The Balaban J connectivity index is 2.93. The lowest BCUT2D eigenvalue weighted by Crippen LogP contribution is -1.85. The standard InChI is InChI=1S/C3H2N3O2/c7-6(8)3-1-4-2-5-3/h1-2H/q-1. The van der Waals surface area contributed by atoms with Gasteiger partial charge in [-0.2, -0.15) is 0 Å². The monoisotopic (exact) mass is 112 g/mol. The lowest BCUT2D eigenvalue weighted by atomic mass is 10.8. The van der Waals surface area contributed by atoms with Crippen LogP contribution in [0.3, 0.4) is 0 Å². The Morgan fingerprint density at radius 2 is 2.62 bits per heavy atom. The lowest BCUT2D eigenvalue weighted by molar-refractivity contribution is -0.389. The molecular weight excluding hydrogens is 110 g/mol. The van der Waals surface area contributed by atoms with Crippen LogP contribution in [0.1, 0.15) is 0 Å². The highest BCUT2D eigenvalue weighted by Gasteiger charge is 1.85. The molecule has 0 aliphatic heterocycles. The molecule has 0 radical (unpaired) electrons. The zero-order valence-electron chi connectivity index (χ0n) is 3.81. The molecule has 0 aromatic carbocycles. The average molecular weight is 112 g/mol. The maximum Gasteiger partial charge on any atom is 0.158 e. The Kier molecular flexibility index (Phi) is 0.957. The van der Waals surface area contributed by atoms with Gasteiger partial charge in [0.1, 0.15) is 0 Å². The first-order chi connectivity index (χ1) is 3.80. The van der Waals surface area contributed by atoms with E-state index in [0.717, 1.165) is 12.5 Å². The normalized spacial score (nSPS) is 9.00. The molecule has 0 N–H and O–H groups in total. The summed E-state index contributed by atoms with van der Waals surface area (Å²) in [6.07, 6.45) is 2.23. The van der Waals surface area contributed by atoms with Gasteiger partial charge >= 0.3 is 0 Å². The van der Waals surface area contributed by atoms with Crippen LogP contribution in [-0.2, 0) is 0 Å². The summed E-state index contributed by atoms with van der Waals surface area (Å²) >= 11 is 0. The van der Waals surface area contributed by atoms with Gasteiger partial charge in [-0.25, -0.2) is 0 Å². The van der Waals surface area contributed by atoms with Crippen molar-refractivity contribution in [1.82, 2.24) is 9.97 Å². The molecule has 42 valence electrons. The highest BCUT2D eigenvalue weighted by atomic mass is 16.6. The van der Waals surface area contributed by atoms with Crippen LogP contribution in [-0.4, -0.2) is 9.91 Å². The van der Waals surface area contributed by atoms with E-state index in [1.165, 1.54) is 0 Å². The molecule has 5 heteroatoms. The van der Waals surface area contributed by atoms with Crippen molar-refractivity contribution in [2.45, 2.75) is 0 Å². The number of hydrogen-bond donors (Lipinski definition) is 0.